The summed E-state index contributed by atoms with van der Waals surface area (Å²) >= 11 is 0. The van der Waals surface area contributed by atoms with E-state index in [0.29, 0.717) is 11.8 Å². The van der Waals surface area contributed by atoms with E-state index < -0.39 is 6.10 Å². The lowest BCUT2D eigenvalue weighted by atomic mass is 9.97. The van der Waals surface area contributed by atoms with Gasteiger partial charge in [0.15, 0.2) is 6.10 Å². The normalized spacial score (nSPS) is 13.5. The van der Waals surface area contributed by atoms with Crippen LogP contribution in [0.25, 0.3) is 0 Å². The van der Waals surface area contributed by atoms with Crippen molar-refractivity contribution in [3.05, 3.63) is 65.7 Å². The van der Waals surface area contributed by atoms with Crippen molar-refractivity contribution in [1.29, 1.82) is 0 Å². The van der Waals surface area contributed by atoms with Crippen molar-refractivity contribution in [2.75, 3.05) is 0 Å². The van der Waals surface area contributed by atoms with Crippen LogP contribution in [0.5, 0.6) is 5.75 Å². The molecule has 2 rings (SSSR count). The lowest BCUT2D eigenvalue weighted by molar-refractivity contribution is -0.128. The van der Waals surface area contributed by atoms with Crippen LogP contribution >= 0.6 is 0 Å². The van der Waals surface area contributed by atoms with Crippen LogP contribution in [0.1, 0.15) is 64.1 Å². The van der Waals surface area contributed by atoms with Crippen LogP contribution in [0, 0.1) is 5.92 Å². The van der Waals surface area contributed by atoms with Crippen LogP contribution < -0.4 is 10.1 Å². The fraction of sp³-hybridized carbons (Fsp3) is 0.435. The number of para-hydroxylation sites is 1. The number of carbonyl (C=O) groups is 1. The SMILES string of the molecule is CC(C)C[C@H](NC(=O)[C@H](C)Oc1ccccc1C(C)C)c1ccccc1. The molecule has 1 amide bonds. The zero-order valence-corrected chi connectivity index (χ0v) is 16.5. The first kappa shape index (κ1) is 20.0. The fourth-order valence-electron chi connectivity index (χ4n) is 3.03. The summed E-state index contributed by atoms with van der Waals surface area (Å²) in [6.45, 7) is 10.4. The molecular weight excluding hydrogens is 322 g/mol. The number of hydrogen-bond donors (Lipinski definition) is 1. The molecule has 0 bridgehead atoms. The standard InChI is InChI=1S/C23H31NO2/c1-16(2)15-21(19-11-7-6-8-12-19)24-23(25)18(5)26-22-14-10-9-13-20(22)17(3)4/h6-14,16-18,21H,15H2,1-5H3,(H,24,25)/t18-,21-/m0/s1. The summed E-state index contributed by atoms with van der Waals surface area (Å²) in [6, 6.07) is 18.1. The predicted molar refractivity (Wildman–Crippen MR) is 107 cm³/mol. The van der Waals surface area contributed by atoms with Crippen molar-refractivity contribution >= 4 is 5.91 Å². The van der Waals surface area contributed by atoms with Crippen molar-refractivity contribution < 1.29 is 9.53 Å². The van der Waals surface area contributed by atoms with E-state index in [9.17, 15) is 4.79 Å². The highest BCUT2D eigenvalue weighted by molar-refractivity contribution is 5.81. The summed E-state index contributed by atoms with van der Waals surface area (Å²) in [7, 11) is 0. The molecule has 3 nitrogen and oxygen atoms in total. The topological polar surface area (TPSA) is 38.3 Å². The summed E-state index contributed by atoms with van der Waals surface area (Å²) in [5.74, 6) is 1.53. The van der Waals surface area contributed by atoms with Crippen molar-refractivity contribution in [2.45, 2.75) is 59.1 Å². The minimum absolute atomic E-state index is 0.00454. The molecule has 0 aliphatic rings. The molecule has 0 spiro atoms. The summed E-state index contributed by atoms with van der Waals surface area (Å²) in [4.78, 5) is 12.8. The van der Waals surface area contributed by atoms with Gasteiger partial charge in [-0.25, -0.2) is 0 Å². The lowest BCUT2D eigenvalue weighted by Gasteiger charge is -2.24. The lowest BCUT2D eigenvalue weighted by Crippen LogP contribution is -2.39. The molecule has 2 aromatic carbocycles. The molecule has 0 heterocycles. The Balaban J connectivity index is 2.09. The van der Waals surface area contributed by atoms with Gasteiger partial charge in [-0.2, -0.15) is 0 Å². The molecule has 0 aliphatic heterocycles. The highest BCUT2D eigenvalue weighted by Crippen LogP contribution is 2.27. The smallest absolute Gasteiger partial charge is 0.261 e. The second-order valence-electron chi connectivity index (χ2n) is 7.55. The van der Waals surface area contributed by atoms with Crippen molar-refractivity contribution in [3.8, 4) is 5.75 Å². The molecule has 0 fully saturated rings. The molecule has 0 unspecified atom stereocenters. The Morgan fingerprint density at radius 2 is 1.54 bits per heavy atom. The minimum atomic E-state index is -0.548. The fourth-order valence-corrected chi connectivity index (χ4v) is 3.03. The van der Waals surface area contributed by atoms with Gasteiger partial charge in [0, 0.05) is 0 Å². The number of carbonyl (C=O) groups excluding carboxylic acids is 1. The van der Waals surface area contributed by atoms with Crippen LogP contribution in [0.2, 0.25) is 0 Å². The summed E-state index contributed by atoms with van der Waals surface area (Å²) < 4.78 is 6.00. The minimum Gasteiger partial charge on any atom is -0.481 e. The summed E-state index contributed by atoms with van der Waals surface area (Å²) in [6.07, 6.45) is 0.346. The summed E-state index contributed by atoms with van der Waals surface area (Å²) in [5, 5.41) is 3.17. The molecule has 1 N–H and O–H groups in total. The van der Waals surface area contributed by atoms with E-state index in [0.717, 1.165) is 23.3 Å². The maximum absolute atomic E-state index is 12.8. The molecular formula is C23H31NO2. The number of hydrogen-bond acceptors (Lipinski definition) is 2. The molecule has 0 saturated heterocycles. The average Bonchev–Trinajstić information content (AvgIpc) is 2.61. The van der Waals surface area contributed by atoms with Crippen LogP contribution in [0.15, 0.2) is 54.6 Å². The second kappa shape index (κ2) is 9.42. The number of rotatable bonds is 8. The van der Waals surface area contributed by atoms with Gasteiger partial charge in [0.25, 0.3) is 5.91 Å². The zero-order valence-electron chi connectivity index (χ0n) is 16.5. The average molecular weight is 354 g/mol. The monoisotopic (exact) mass is 353 g/mol. The maximum atomic E-state index is 12.8. The van der Waals surface area contributed by atoms with Gasteiger partial charge in [-0.15, -0.1) is 0 Å². The highest BCUT2D eigenvalue weighted by atomic mass is 16.5. The molecule has 0 radical (unpaired) electrons. The van der Waals surface area contributed by atoms with Crippen LogP contribution in [0.4, 0.5) is 0 Å². The number of amides is 1. The Morgan fingerprint density at radius 3 is 2.15 bits per heavy atom. The molecule has 2 aromatic rings. The molecule has 3 heteroatoms. The molecule has 0 aliphatic carbocycles. The molecule has 140 valence electrons. The highest BCUT2D eigenvalue weighted by Gasteiger charge is 2.22. The van der Waals surface area contributed by atoms with Gasteiger partial charge in [0.05, 0.1) is 6.04 Å². The Kier molecular flexibility index (Phi) is 7.26. The third kappa shape index (κ3) is 5.62. The van der Waals surface area contributed by atoms with E-state index >= 15 is 0 Å². The largest absolute Gasteiger partial charge is 0.481 e. The first-order valence-corrected chi connectivity index (χ1v) is 9.49. The van der Waals surface area contributed by atoms with Crippen molar-refractivity contribution in [1.82, 2.24) is 5.32 Å². The molecule has 0 saturated carbocycles. The van der Waals surface area contributed by atoms with Crippen LogP contribution in [-0.2, 0) is 4.79 Å². The molecule has 26 heavy (non-hydrogen) atoms. The summed E-state index contributed by atoms with van der Waals surface area (Å²) in [5.41, 5.74) is 2.25. The van der Waals surface area contributed by atoms with Gasteiger partial charge in [-0.05, 0) is 42.4 Å². The second-order valence-corrected chi connectivity index (χ2v) is 7.55. The first-order chi connectivity index (χ1) is 12.4. The third-order valence-electron chi connectivity index (χ3n) is 4.44. The Hall–Kier alpha value is -2.29. The van der Waals surface area contributed by atoms with Crippen molar-refractivity contribution in [3.63, 3.8) is 0 Å². The van der Waals surface area contributed by atoms with E-state index in [1.165, 1.54) is 0 Å². The van der Waals surface area contributed by atoms with Crippen molar-refractivity contribution in [2.24, 2.45) is 5.92 Å². The number of benzene rings is 2. The molecule has 2 atom stereocenters. The van der Waals surface area contributed by atoms with Gasteiger partial charge in [0.1, 0.15) is 5.75 Å². The maximum Gasteiger partial charge on any atom is 0.261 e. The quantitative estimate of drug-likeness (QED) is 0.682. The Bertz CT molecular complexity index is 694. The van der Waals surface area contributed by atoms with Gasteiger partial charge in [0.2, 0.25) is 0 Å². The van der Waals surface area contributed by atoms with Gasteiger partial charge < -0.3 is 10.1 Å². The third-order valence-corrected chi connectivity index (χ3v) is 4.44. The zero-order chi connectivity index (χ0) is 19.1. The van der Waals surface area contributed by atoms with E-state index in [1.807, 2.05) is 43.3 Å². The number of nitrogens with one attached hydrogen (secondary N) is 1. The van der Waals surface area contributed by atoms with E-state index in [2.05, 4.69) is 51.2 Å². The molecule has 0 aromatic heterocycles. The van der Waals surface area contributed by atoms with Gasteiger partial charge in [-0.3, -0.25) is 4.79 Å². The Labute approximate surface area is 157 Å². The Morgan fingerprint density at radius 1 is 0.923 bits per heavy atom. The van der Waals surface area contributed by atoms with Gasteiger partial charge >= 0.3 is 0 Å². The van der Waals surface area contributed by atoms with E-state index in [1.54, 1.807) is 0 Å². The number of ether oxygens (including phenoxy) is 1. The first-order valence-electron chi connectivity index (χ1n) is 9.49. The van der Waals surface area contributed by atoms with Gasteiger partial charge in [-0.1, -0.05) is 76.2 Å². The van der Waals surface area contributed by atoms with E-state index in [-0.39, 0.29) is 11.9 Å². The van der Waals surface area contributed by atoms with E-state index in [4.69, 9.17) is 4.74 Å². The van der Waals surface area contributed by atoms with Crippen LogP contribution in [-0.4, -0.2) is 12.0 Å². The predicted octanol–water partition coefficient (Wildman–Crippen LogP) is 5.48. The van der Waals surface area contributed by atoms with Crippen LogP contribution in [0.3, 0.4) is 0 Å².